The molecule has 1 aromatic rings. The van der Waals surface area contributed by atoms with Crippen LogP contribution >= 0.6 is 15.9 Å². The van der Waals surface area contributed by atoms with Crippen LogP contribution in [0.25, 0.3) is 0 Å². The molecule has 1 aromatic carbocycles. The Balaban J connectivity index is 2.14. The summed E-state index contributed by atoms with van der Waals surface area (Å²) in [4.78, 5) is 15.8. The summed E-state index contributed by atoms with van der Waals surface area (Å²) in [6, 6.07) is 2.46. The number of amides is 1. The Bertz CT molecular complexity index is 501. The summed E-state index contributed by atoms with van der Waals surface area (Å²) in [6.45, 7) is 1.47. The van der Waals surface area contributed by atoms with E-state index in [4.69, 9.17) is 0 Å². The number of hydrogen-bond donors (Lipinski definition) is 0. The topological polar surface area (TPSA) is 23.6 Å². The lowest BCUT2D eigenvalue weighted by molar-refractivity contribution is 0.0752. The van der Waals surface area contributed by atoms with E-state index in [0.717, 1.165) is 31.5 Å². The molecule has 1 atom stereocenters. The van der Waals surface area contributed by atoms with Gasteiger partial charge >= 0.3 is 0 Å². The maximum absolute atomic E-state index is 13.8. The normalized spacial score (nSPS) is 19.4. The van der Waals surface area contributed by atoms with Gasteiger partial charge in [-0.2, -0.15) is 0 Å². The van der Waals surface area contributed by atoms with Crippen molar-refractivity contribution in [1.29, 1.82) is 0 Å². The van der Waals surface area contributed by atoms with Crippen LogP contribution in [0.3, 0.4) is 0 Å². The predicted molar refractivity (Wildman–Crippen MR) is 76.7 cm³/mol. The first-order valence-corrected chi connectivity index (χ1v) is 7.29. The molecule has 1 fully saturated rings. The quantitative estimate of drug-likeness (QED) is 0.840. The second kappa shape index (κ2) is 6.18. The fourth-order valence-electron chi connectivity index (χ4n) is 2.55. The number of halogens is 3. The van der Waals surface area contributed by atoms with E-state index in [9.17, 15) is 13.6 Å². The van der Waals surface area contributed by atoms with Crippen molar-refractivity contribution in [2.45, 2.75) is 18.9 Å². The number of nitrogens with zero attached hydrogens (tertiary/aromatic N) is 2. The molecule has 20 heavy (non-hydrogen) atoms. The van der Waals surface area contributed by atoms with E-state index in [0.29, 0.717) is 6.54 Å². The van der Waals surface area contributed by atoms with Crippen LogP contribution in [0, 0.1) is 11.6 Å². The van der Waals surface area contributed by atoms with Gasteiger partial charge in [-0.3, -0.25) is 4.79 Å². The Morgan fingerprint density at radius 1 is 1.45 bits per heavy atom. The molecule has 6 heteroatoms. The van der Waals surface area contributed by atoms with Gasteiger partial charge in [-0.25, -0.2) is 8.78 Å². The molecule has 0 aromatic heterocycles. The Labute approximate surface area is 125 Å². The molecule has 1 saturated heterocycles. The summed E-state index contributed by atoms with van der Waals surface area (Å²) in [5, 5.41) is 0. The van der Waals surface area contributed by atoms with E-state index in [1.165, 1.54) is 4.90 Å². The summed E-state index contributed by atoms with van der Waals surface area (Å²) in [7, 11) is 3.58. The van der Waals surface area contributed by atoms with Gasteiger partial charge in [-0.1, -0.05) is 15.9 Å². The van der Waals surface area contributed by atoms with Crippen LogP contribution in [0.5, 0.6) is 0 Å². The molecule has 1 amide bonds. The molecule has 0 bridgehead atoms. The molecule has 0 N–H and O–H groups in total. The van der Waals surface area contributed by atoms with Gasteiger partial charge in [-0.15, -0.1) is 0 Å². The average molecular weight is 347 g/mol. The van der Waals surface area contributed by atoms with Crippen molar-refractivity contribution in [1.82, 2.24) is 9.80 Å². The SMILES string of the molecule is CN(CC1CCCN1C)C(=O)c1c(F)cc(Br)cc1F. The van der Waals surface area contributed by atoms with Crippen LogP contribution in [0.1, 0.15) is 23.2 Å². The summed E-state index contributed by atoms with van der Waals surface area (Å²) < 4.78 is 27.8. The van der Waals surface area contributed by atoms with Crippen LogP contribution in [-0.2, 0) is 0 Å². The van der Waals surface area contributed by atoms with Crippen LogP contribution < -0.4 is 0 Å². The predicted octanol–water partition coefficient (Wildman–Crippen LogP) is 2.89. The van der Waals surface area contributed by atoms with Crippen molar-refractivity contribution in [2.24, 2.45) is 0 Å². The molecule has 0 saturated carbocycles. The Morgan fingerprint density at radius 2 is 2.05 bits per heavy atom. The maximum atomic E-state index is 13.8. The fourth-order valence-corrected chi connectivity index (χ4v) is 2.95. The van der Waals surface area contributed by atoms with Gasteiger partial charge < -0.3 is 9.80 Å². The van der Waals surface area contributed by atoms with Crippen LogP contribution in [-0.4, -0.2) is 48.9 Å². The Hall–Kier alpha value is -1.01. The molecule has 1 aliphatic heterocycles. The summed E-state index contributed by atoms with van der Waals surface area (Å²) in [5.74, 6) is -2.30. The molecule has 2 rings (SSSR count). The van der Waals surface area contributed by atoms with E-state index in [-0.39, 0.29) is 10.5 Å². The average Bonchev–Trinajstić information content (AvgIpc) is 2.73. The van der Waals surface area contributed by atoms with E-state index < -0.39 is 23.1 Å². The van der Waals surface area contributed by atoms with E-state index in [2.05, 4.69) is 20.8 Å². The van der Waals surface area contributed by atoms with Crippen molar-refractivity contribution in [3.63, 3.8) is 0 Å². The first kappa shape index (κ1) is 15.4. The van der Waals surface area contributed by atoms with Crippen LogP contribution in [0.4, 0.5) is 8.78 Å². The van der Waals surface area contributed by atoms with Gasteiger partial charge in [0.15, 0.2) is 0 Å². The van der Waals surface area contributed by atoms with Crippen molar-refractivity contribution in [2.75, 3.05) is 27.2 Å². The molecule has 1 heterocycles. The van der Waals surface area contributed by atoms with Crippen LogP contribution in [0.15, 0.2) is 16.6 Å². The first-order valence-electron chi connectivity index (χ1n) is 6.50. The van der Waals surface area contributed by atoms with Gasteiger partial charge in [0.05, 0.1) is 0 Å². The molecule has 1 unspecified atom stereocenters. The Morgan fingerprint density at radius 3 is 2.55 bits per heavy atom. The van der Waals surface area contributed by atoms with Gasteiger partial charge in [0.2, 0.25) is 0 Å². The molecule has 1 aliphatic rings. The number of likely N-dealkylation sites (tertiary alicyclic amines) is 1. The lowest BCUT2D eigenvalue weighted by Crippen LogP contribution is -2.40. The monoisotopic (exact) mass is 346 g/mol. The molecule has 0 aliphatic carbocycles. The first-order chi connectivity index (χ1) is 9.40. The van der Waals surface area contributed by atoms with Crippen molar-refractivity contribution in [3.05, 3.63) is 33.8 Å². The third kappa shape index (κ3) is 3.17. The third-order valence-corrected chi connectivity index (χ3v) is 4.18. The lowest BCUT2D eigenvalue weighted by Gasteiger charge is -2.26. The molecule has 110 valence electrons. The smallest absolute Gasteiger partial charge is 0.259 e. The molecular weight excluding hydrogens is 330 g/mol. The third-order valence-electron chi connectivity index (χ3n) is 3.72. The highest BCUT2D eigenvalue weighted by Gasteiger charge is 2.27. The number of hydrogen-bond acceptors (Lipinski definition) is 2. The standard InChI is InChI=1S/C14H17BrF2N2O/c1-18-5-3-4-10(18)8-19(2)14(20)13-11(16)6-9(15)7-12(13)17/h6-7,10H,3-5,8H2,1-2H3. The second-order valence-electron chi connectivity index (χ2n) is 5.21. The van der Waals surface area contributed by atoms with Gasteiger partial charge in [0, 0.05) is 24.1 Å². The summed E-state index contributed by atoms with van der Waals surface area (Å²) in [5.41, 5.74) is -0.489. The van der Waals surface area contributed by atoms with E-state index >= 15 is 0 Å². The highest BCUT2D eigenvalue weighted by Crippen LogP contribution is 2.22. The number of carbonyl (C=O) groups excluding carboxylic acids is 1. The summed E-state index contributed by atoms with van der Waals surface area (Å²) in [6.07, 6.45) is 2.09. The molecule has 0 radical (unpaired) electrons. The second-order valence-corrected chi connectivity index (χ2v) is 6.12. The molecular formula is C14H17BrF2N2O. The number of rotatable bonds is 3. The fraction of sp³-hybridized carbons (Fsp3) is 0.500. The van der Waals surface area contributed by atoms with Crippen molar-refractivity contribution < 1.29 is 13.6 Å². The van der Waals surface area contributed by atoms with E-state index in [1.54, 1.807) is 7.05 Å². The van der Waals surface area contributed by atoms with Gasteiger partial charge in [-0.05, 0) is 38.6 Å². The number of likely N-dealkylation sites (N-methyl/N-ethyl adjacent to an activating group) is 2. The summed E-state index contributed by atoms with van der Waals surface area (Å²) >= 11 is 3.00. The Kier molecular flexibility index (Phi) is 4.75. The zero-order valence-electron chi connectivity index (χ0n) is 11.5. The number of carbonyl (C=O) groups is 1. The molecule has 3 nitrogen and oxygen atoms in total. The minimum atomic E-state index is -0.839. The largest absolute Gasteiger partial charge is 0.340 e. The zero-order chi connectivity index (χ0) is 14.9. The zero-order valence-corrected chi connectivity index (χ0v) is 13.1. The van der Waals surface area contributed by atoms with E-state index in [1.807, 2.05) is 7.05 Å². The van der Waals surface area contributed by atoms with Crippen molar-refractivity contribution >= 4 is 21.8 Å². The minimum absolute atomic E-state index is 0.255. The molecule has 0 spiro atoms. The lowest BCUT2D eigenvalue weighted by atomic mass is 10.1. The maximum Gasteiger partial charge on any atom is 0.259 e. The number of benzene rings is 1. The van der Waals surface area contributed by atoms with Crippen molar-refractivity contribution in [3.8, 4) is 0 Å². The van der Waals surface area contributed by atoms with Gasteiger partial charge in [0.1, 0.15) is 17.2 Å². The minimum Gasteiger partial charge on any atom is -0.340 e. The van der Waals surface area contributed by atoms with Crippen LogP contribution in [0.2, 0.25) is 0 Å². The highest BCUT2D eigenvalue weighted by atomic mass is 79.9. The van der Waals surface area contributed by atoms with Gasteiger partial charge in [0.25, 0.3) is 5.91 Å². The highest BCUT2D eigenvalue weighted by molar-refractivity contribution is 9.10.